The molecule has 0 aliphatic heterocycles. The van der Waals surface area contributed by atoms with E-state index in [0.717, 1.165) is 12.0 Å². The number of benzene rings is 2. The third kappa shape index (κ3) is 3.54. The fourth-order valence-electron chi connectivity index (χ4n) is 3.11. The molecule has 0 aromatic heterocycles. The SMILES string of the molecule is CC(CNC(=O)C1CC1c1ccccc1Cl)(C(=O)O)c1ccccc1. The first-order valence-electron chi connectivity index (χ1n) is 8.24. The number of nitrogens with one attached hydrogen (secondary N) is 1. The standard InChI is InChI=1S/C20H20ClNO3/c1-20(19(24)25,13-7-3-2-4-8-13)12-22-18(23)16-11-15(16)14-9-5-6-10-17(14)21/h2-10,15-16H,11-12H2,1H3,(H,22,23)(H,24,25). The van der Waals surface area contributed by atoms with E-state index in [1.807, 2.05) is 30.3 Å². The normalized spacial score (nSPS) is 21.2. The van der Waals surface area contributed by atoms with Gasteiger partial charge in [0.1, 0.15) is 5.41 Å². The van der Waals surface area contributed by atoms with Crippen LogP contribution in [-0.2, 0) is 15.0 Å². The van der Waals surface area contributed by atoms with E-state index in [-0.39, 0.29) is 24.3 Å². The van der Waals surface area contributed by atoms with Gasteiger partial charge < -0.3 is 10.4 Å². The maximum atomic E-state index is 12.5. The molecule has 0 bridgehead atoms. The number of halogens is 1. The van der Waals surface area contributed by atoms with Crippen LogP contribution in [0.15, 0.2) is 54.6 Å². The largest absolute Gasteiger partial charge is 0.481 e. The van der Waals surface area contributed by atoms with Gasteiger partial charge in [0.2, 0.25) is 5.91 Å². The molecule has 1 fully saturated rings. The fourth-order valence-corrected chi connectivity index (χ4v) is 3.38. The van der Waals surface area contributed by atoms with Gasteiger partial charge in [-0.1, -0.05) is 60.1 Å². The molecule has 3 atom stereocenters. The average Bonchev–Trinajstić information content (AvgIpc) is 3.41. The van der Waals surface area contributed by atoms with Gasteiger partial charge >= 0.3 is 5.97 Å². The molecule has 4 nitrogen and oxygen atoms in total. The predicted molar refractivity (Wildman–Crippen MR) is 96.7 cm³/mol. The number of carboxylic acids is 1. The second-order valence-corrected chi connectivity index (χ2v) is 7.10. The van der Waals surface area contributed by atoms with Crippen LogP contribution in [0.2, 0.25) is 5.02 Å². The van der Waals surface area contributed by atoms with Crippen LogP contribution in [0.25, 0.3) is 0 Å². The Morgan fingerprint density at radius 2 is 1.80 bits per heavy atom. The molecule has 25 heavy (non-hydrogen) atoms. The van der Waals surface area contributed by atoms with E-state index in [4.69, 9.17) is 11.6 Å². The number of hydrogen-bond donors (Lipinski definition) is 2. The number of amides is 1. The van der Waals surface area contributed by atoms with Crippen molar-refractivity contribution in [3.8, 4) is 0 Å². The van der Waals surface area contributed by atoms with Crippen LogP contribution >= 0.6 is 11.6 Å². The number of rotatable bonds is 6. The average molecular weight is 358 g/mol. The van der Waals surface area contributed by atoms with Gasteiger partial charge in [-0.15, -0.1) is 0 Å². The molecule has 3 rings (SSSR count). The molecule has 1 aliphatic carbocycles. The summed E-state index contributed by atoms with van der Waals surface area (Å²) in [4.78, 5) is 24.2. The molecule has 0 saturated heterocycles. The Balaban J connectivity index is 1.66. The Labute approximate surface area is 151 Å². The Hall–Kier alpha value is -2.33. The molecule has 2 aromatic rings. The second kappa shape index (κ2) is 6.89. The minimum Gasteiger partial charge on any atom is -0.481 e. The lowest BCUT2D eigenvalue weighted by Gasteiger charge is -2.25. The van der Waals surface area contributed by atoms with E-state index in [0.29, 0.717) is 10.6 Å². The number of carbonyl (C=O) groups is 2. The Kier molecular flexibility index (Phi) is 4.82. The van der Waals surface area contributed by atoms with Crippen molar-refractivity contribution >= 4 is 23.5 Å². The van der Waals surface area contributed by atoms with Crippen molar-refractivity contribution < 1.29 is 14.7 Å². The van der Waals surface area contributed by atoms with Gasteiger partial charge in [0, 0.05) is 17.5 Å². The summed E-state index contributed by atoms with van der Waals surface area (Å²) in [6, 6.07) is 16.5. The molecular weight excluding hydrogens is 338 g/mol. The summed E-state index contributed by atoms with van der Waals surface area (Å²) in [5.41, 5.74) is 0.487. The Morgan fingerprint density at radius 3 is 2.44 bits per heavy atom. The number of hydrogen-bond acceptors (Lipinski definition) is 2. The van der Waals surface area contributed by atoms with E-state index >= 15 is 0 Å². The van der Waals surface area contributed by atoms with Gasteiger partial charge in [-0.3, -0.25) is 9.59 Å². The van der Waals surface area contributed by atoms with Gasteiger partial charge in [-0.2, -0.15) is 0 Å². The van der Waals surface area contributed by atoms with E-state index in [1.165, 1.54) is 0 Å². The highest BCUT2D eigenvalue weighted by Crippen LogP contribution is 2.49. The summed E-state index contributed by atoms with van der Waals surface area (Å²) in [6.07, 6.45) is 0.741. The second-order valence-electron chi connectivity index (χ2n) is 6.69. The summed E-state index contributed by atoms with van der Waals surface area (Å²) >= 11 is 6.19. The maximum Gasteiger partial charge on any atom is 0.315 e. The van der Waals surface area contributed by atoms with E-state index in [2.05, 4.69) is 5.32 Å². The topological polar surface area (TPSA) is 66.4 Å². The molecule has 1 saturated carbocycles. The lowest BCUT2D eigenvalue weighted by atomic mass is 9.82. The Morgan fingerprint density at radius 1 is 1.16 bits per heavy atom. The van der Waals surface area contributed by atoms with E-state index < -0.39 is 11.4 Å². The van der Waals surface area contributed by atoms with Crippen LogP contribution in [0, 0.1) is 5.92 Å². The first-order chi connectivity index (χ1) is 11.9. The summed E-state index contributed by atoms with van der Waals surface area (Å²) in [5.74, 6) is -1.11. The van der Waals surface area contributed by atoms with E-state index in [9.17, 15) is 14.7 Å². The molecule has 0 radical (unpaired) electrons. The molecule has 130 valence electrons. The minimum atomic E-state index is -1.16. The molecule has 5 heteroatoms. The van der Waals surface area contributed by atoms with Gasteiger partial charge in [-0.05, 0) is 36.5 Å². The first-order valence-corrected chi connectivity index (χ1v) is 8.62. The predicted octanol–water partition coefficient (Wildman–Crippen LogP) is 3.60. The van der Waals surface area contributed by atoms with E-state index in [1.54, 1.807) is 31.2 Å². The summed E-state index contributed by atoms with van der Waals surface area (Å²) in [5, 5.41) is 13.1. The summed E-state index contributed by atoms with van der Waals surface area (Å²) < 4.78 is 0. The van der Waals surface area contributed by atoms with Crippen molar-refractivity contribution in [1.82, 2.24) is 5.32 Å². The summed E-state index contributed by atoms with van der Waals surface area (Å²) in [6.45, 7) is 1.68. The quantitative estimate of drug-likeness (QED) is 0.830. The molecule has 2 aromatic carbocycles. The fraction of sp³-hybridized carbons (Fsp3) is 0.300. The van der Waals surface area contributed by atoms with Crippen molar-refractivity contribution in [2.45, 2.75) is 24.7 Å². The zero-order valence-corrected chi connectivity index (χ0v) is 14.7. The minimum absolute atomic E-state index is 0.0525. The van der Waals surface area contributed by atoms with Gasteiger partial charge in [-0.25, -0.2) is 0 Å². The highest BCUT2D eigenvalue weighted by molar-refractivity contribution is 6.31. The Bertz CT molecular complexity index is 793. The number of aliphatic carboxylic acids is 1. The number of carbonyl (C=O) groups excluding carboxylic acids is 1. The van der Waals surface area contributed by atoms with Crippen molar-refractivity contribution in [3.05, 3.63) is 70.7 Å². The summed E-state index contributed by atoms with van der Waals surface area (Å²) in [7, 11) is 0. The van der Waals surface area contributed by atoms with Crippen LogP contribution in [0.1, 0.15) is 30.4 Å². The zero-order valence-electron chi connectivity index (χ0n) is 13.9. The molecule has 1 amide bonds. The smallest absolute Gasteiger partial charge is 0.315 e. The van der Waals surface area contributed by atoms with Gasteiger partial charge in [0.15, 0.2) is 0 Å². The van der Waals surface area contributed by atoms with Gasteiger partial charge in [0.25, 0.3) is 0 Å². The molecule has 1 aliphatic rings. The van der Waals surface area contributed by atoms with Crippen LogP contribution in [-0.4, -0.2) is 23.5 Å². The van der Waals surface area contributed by atoms with Crippen LogP contribution in [0.3, 0.4) is 0 Å². The zero-order chi connectivity index (χ0) is 18.0. The van der Waals surface area contributed by atoms with Crippen molar-refractivity contribution in [3.63, 3.8) is 0 Å². The highest BCUT2D eigenvalue weighted by atomic mass is 35.5. The molecule has 0 spiro atoms. The number of carboxylic acid groups (broad SMARTS) is 1. The van der Waals surface area contributed by atoms with Crippen LogP contribution < -0.4 is 5.32 Å². The monoisotopic (exact) mass is 357 g/mol. The molecule has 2 N–H and O–H groups in total. The first kappa shape index (κ1) is 17.5. The third-order valence-corrected chi connectivity index (χ3v) is 5.28. The van der Waals surface area contributed by atoms with Crippen molar-refractivity contribution in [2.75, 3.05) is 6.54 Å². The highest BCUT2D eigenvalue weighted by Gasteiger charge is 2.45. The van der Waals surface area contributed by atoms with Crippen LogP contribution in [0.4, 0.5) is 0 Å². The lowest BCUT2D eigenvalue weighted by molar-refractivity contribution is -0.143. The van der Waals surface area contributed by atoms with Crippen LogP contribution in [0.5, 0.6) is 0 Å². The van der Waals surface area contributed by atoms with Crippen molar-refractivity contribution in [2.24, 2.45) is 5.92 Å². The molecular formula is C20H20ClNO3. The maximum absolute atomic E-state index is 12.5. The molecule has 0 heterocycles. The van der Waals surface area contributed by atoms with Gasteiger partial charge in [0.05, 0.1) is 0 Å². The third-order valence-electron chi connectivity index (χ3n) is 4.93. The van der Waals surface area contributed by atoms with Crippen molar-refractivity contribution in [1.29, 1.82) is 0 Å². The lowest BCUT2D eigenvalue weighted by Crippen LogP contribution is -2.44. The molecule has 3 unspecified atom stereocenters.